The molecule has 1 aromatic heterocycles. The van der Waals surface area contributed by atoms with Crippen molar-refractivity contribution in [2.75, 3.05) is 5.75 Å². The molecule has 1 heterocycles. The zero-order valence-corrected chi connectivity index (χ0v) is 12.5. The molecule has 0 radical (unpaired) electrons. The van der Waals surface area contributed by atoms with Crippen molar-refractivity contribution >= 4 is 11.8 Å². The summed E-state index contributed by atoms with van der Waals surface area (Å²) in [4.78, 5) is 4.58. The van der Waals surface area contributed by atoms with Gasteiger partial charge in [0.05, 0.1) is 0 Å². The van der Waals surface area contributed by atoms with Crippen LogP contribution in [-0.2, 0) is 6.42 Å². The monoisotopic (exact) mass is 264 g/mol. The fraction of sp³-hybridized carbons (Fsp3) is 0.667. The predicted octanol–water partition coefficient (Wildman–Crippen LogP) is 3.36. The Balaban J connectivity index is 2.06. The van der Waals surface area contributed by atoms with Crippen molar-refractivity contribution in [3.63, 3.8) is 0 Å². The van der Waals surface area contributed by atoms with Gasteiger partial charge in [0.1, 0.15) is 0 Å². The van der Waals surface area contributed by atoms with Crippen LogP contribution < -0.4 is 5.73 Å². The minimum Gasteiger partial charge on any atom is -0.326 e. The Morgan fingerprint density at radius 2 is 2.28 bits per heavy atom. The summed E-state index contributed by atoms with van der Waals surface area (Å²) >= 11 is 1.96. The first-order valence-electron chi connectivity index (χ1n) is 6.81. The van der Waals surface area contributed by atoms with Gasteiger partial charge < -0.3 is 5.73 Å². The van der Waals surface area contributed by atoms with E-state index in [4.69, 9.17) is 5.73 Å². The van der Waals surface area contributed by atoms with Gasteiger partial charge in [-0.25, -0.2) is 0 Å². The van der Waals surface area contributed by atoms with E-state index in [9.17, 15) is 0 Å². The van der Waals surface area contributed by atoms with Gasteiger partial charge in [0.25, 0.3) is 0 Å². The Kier molecular flexibility index (Phi) is 4.33. The number of aromatic nitrogens is 1. The van der Waals surface area contributed by atoms with Gasteiger partial charge in [-0.15, -0.1) is 0 Å². The molecule has 0 aromatic carbocycles. The average Bonchev–Trinajstić information content (AvgIpc) is 2.34. The maximum Gasteiger partial charge on any atom is 0.0482 e. The number of hydrogen-bond acceptors (Lipinski definition) is 3. The fourth-order valence-electron chi connectivity index (χ4n) is 2.52. The molecule has 2 nitrogen and oxygen atoms in total. The Morgan fingerprint density at radius 1 is 1.50 bits per heavy atom. The number of pyridine rings is 1. The van der Waals surface area contributed by atoms with Crippen LogP contribution in [0.25, 0.3) is 0 Å². The highest BCUT2D eigenvalue weighted by Crippen LogP contribution is 2.34. The SMILES string of the molecule is CC(C)(C)SCC(N)C1CCCc2cccnc21. The molecule has 18 heavy (non-hydrogen) atoms. The van der Waals surface area contributed by atoms with E-state index in [0.29, 0.717) is 10.7 Å². The molecular formula is C15H24N2S. The first-order chi connectivity index (χ1) is 8.47. The molecule has 1 aromatic rings. The van der Waals surface area contributed by atoms with Crippen molar-refractivity contribution < 1.29 is 0 Å². The molecule has 2 unspecified atom stereocenters. The molecular weight excluding hydrogens is 240 g/mol. The van der Waals surface area contributed by atoms with E-state index in [1.165, 1.54) is 30.5 Å². The predicted molar refractivity (Wildman–Crippen MR) is 80.1 cm³/mol. The molecule has 0 bridgehead atoms. The van der Waals surface area contributed by atoms with Crippen molar-refractivity contribution in [3.8, 4) is 0 Å². The first kappa shape index (κ1) is 13.9. The highest BCUT2D eigenvalue weighted by Gasteiger charge is 2.27. The summed E-state index contributed by atoms with van der Waals surface area (Å²) in [5, 5.41) is 0. The molecule has 2 atom stereocenters. The number of fused-ring (bicyclic) bond motifs is 1. The van der Waals surface area contributed by atoms with Crippen LogP contribution in [0.15, 0.2) is 18.3 Å². The molecule has 0 saturated heterocycles. The van der Waals surface area contributed by atoms with Gasteiger partial charge in [0.2, 0.25) is 0 Å². The number of aryl methyl sites for hydroxylation is 1. The van der Waals surface area contributed by atoms with Crippen LogP contribution in [0, 0.1) is 0 Å². The first-order valence-corrected chi connectivity index (χ1v) is 7.79. The summed E-state index contributed by atoms with van der Waals surface area (Å²) < 4.78 is 0.291. The van der Waals surface area contributed by atoms with Crippen LogP contribution in [0.5, 0.6) is 0 Å². The quantitative estimate of drug-likeness (QED) is 0.910. The third-order valence-electron chi connectivity index (χ3n) is 3.46. The standard InChI is InChI=1S/C15H24N2S/c1-15(2,3)18-10-13(16)12-8-4-6-11-7-5-9-17-14(11)12/h5,7,9,12-13H,4,6,8,10,16H2,1-3H3. The highest BCUT2D eigenvalue weighted by atomic mass is 32.2. The lowest BCUT2D eigenvalue weighted by Gasteiger charge is -2.30. The molecule has 1 aliphatic carbocycles. The van der Waals surface area contributed by atoms with Crippen molar-refractivity contribution in [1.82, 2.24) is 4.98 Å². The van der Waals surface area contributed by atoms with Crippen LogP contribution in [0.3, 0.4) is 0 Å². The lowest BCUT2D eigenvalue weighted by Crippen LogP contribution is -2.35. The van der Waals surface area contributed by atoms with E-state index in [-0.39, 0.29) is 6.04 Å². The number of hydrogen-bond donors (Lipinski definition) is 1. The van der Waals surface area contributed by atoms with Crippen molar-refractivity contribution in [1.29, 1.82) is 0 Å². The Labute approximate surface area is 115 Å². The number of nitrogens with two attached hydrogens (primary N) is 1. The Morgan fingerprint density at radius 3 is 3.00 bits per heavy atom. The maximum absolute atomic E-state index is 6.41. The summed E-state index contributed by atoms with van der Waals surface area (Å²) in [6.07, 6.45) is 5.51. The number of thioether (sulfide) groups is 1. The van der Waals surface area contributed by atoms with Gasteiger partial charge in [-0.2, -0.15) is 11.8 Å². The normalized spacial score (nSPS) is 21.4. The van der Waals surface area contributed by atoms with E-state index in [2.05, 4.69) is 31.8 Å². The van der Waals surface area contributed by atoms with Gasteiger partial charge in [0.15, 0.2) is 0 Å². The summed E-state index contributed by atoms with van der Waals surface area (Å²) in [6, 6.07) is 4.47. The summed E-state index contributed by atoms with van der Waals surface area (Å²) in [7, 11) is 0. The molecule has 0 aliphatic heterocycles. The average molecular weight is 264 g/mol. The summed E-state index contributed by atoms with van der Waals surface area (Å²) in [5.74, 6) is 1.47. The lowest BCUT2D eigenvalue weighted by atomic mass is 9.83. The molecule has 0 saturated carbocycles. The third kappa shape index (κ3) is 3.48. The summed E-state index contributed by atoms with van der Waals surface area (Å²) in [6.45, 7) is 6.74. The van der Waals surface area contributed by atoms with Gasteiger partial charge in [0, 0.05) is 34.4 Å². The fourth-order valence-corrected chi connectivity index (χ4v) is 3.45. The smallest absolute Gasteiger partial charge is 0.0482 e. The van der Waals surface area contributed by atoms with Crippen LogP contribution in [0.1, 0.15) is 50.8 Å². The molecule has 1 aliphatic rings. The lowest BCUT2D eigenvalue weighted by molar-refractivity contribution is 0.476. The van der Waals surface area contributed by atoms with E-state index >= 15 is 0 Å². The van der Waals surface area contributed by atoms with Crippen molar-refractivity contribution in [2.24, 2.45) is 5.73 Å². The number of nitrogens with zero attached hydrogens (tertiary/aromatic N) is 1. The zero-order chi connectivity index (χ0) is 13.2. The molecule has 0 amide bonds. The molecule has 100 valence electrons. The molecule has 3 heteroatoms. The van der Waals surface area contributed by atoms with E-state index in [1.54, 1.807) is 0 Å². The van der Waals surface area contributed by atoms with Gasteiger partial charge in [-0.1, -0.05) is 26.8 Å². The summed E-state index contributed by atoms with van der Waals surface area (Å²) in [5.41, 5.74) is 9.07. The van der Waals surface area contributed by atoms with Crippen molar-refractivity contribution in [2.45, 2.75) is 56.7 Å². The minimum absolute atomic E-state index is 0.225. The largest absolute Gasteiger partial charge is 0.326 e. The second kappa shape index (κ2) is 5.62. The van der Waals surface area contributed by atoms with Gasteiger partial charge in [-0.05, 0) is 30.9 Å². The highest BCUT2D eigenvalue weighted by molar-refractivity contribution is 8.00. The van der Waals surface area contributed by atoms with Crippen LogP contribution in [0.4, 0.5) is 0 Å². The molecule has 0 fully saturated rings. The topological polar surface area (TPSA) is 38.9 Å². The van der Waals surface area contributed by atoms with Crippen LogP contribution >= 0.6 is 11.8 Å². The molecule has 2 N–H and O–H groups in total. The zero-order valence-electron chi connectivity index (χ0n) is 11.6. The second-order valence-corrected chi connectivity index (χ2v) is 7.98. The van der Waals surface area contributed by atoms with Crippen LogP contribution in [-0.4, -0.2) is 21.5 Å². The molecule has 2 rings (SSSR count). The third-order valence-corrected chi connectivity index (χ3v) is 4.88. The maximum atomic E-state index is 6.41. The van der Waals surface area contributed by atoms with Gasteiger partial charge >= 0.3 is 0 Å². The number of rotatable bonds is 3. The van der Waals surface area contributed by atoms with E-state index in [0.717, 1.165) is 5.75 Å². The Bertz CT molecular complexity index is 398. The van der Waals surface area contributed by atoms with E-state index < -0.39 is 0 Å². The van der Waals surface area contributed by atoms with Crippen molar-refractivity contribution in [3.05, 3.63) is 29.6 Å². The van der Waals surface area contributed by atoms with Gasteiger partial charge in [-0.3, -0.25) is 4.98 Å². The minimum atomic E-state index is 0.225. The van der Waals surface area contributed by atoms with E-state index in [1.807, 2.05) is 24.0 Å². The second-order valence-electron chi connectivity index (χ2n) is 6.13. The molecule has 0 spiro atoms. The van der Waals surface area contributed by atoms with Crippen LogP contribution in [0.2, 0.25) is 0 Å². The Hall–Kier alpha value is -0.540.